The molecule has 2 unspecified atom stereocenters. The first-order valence-corrected chi connectivity index (χ1v) is 11.9. The van der Waals surface area contributed by atoms with Gasteiger partial charge in [0.25, 0.3) is 0 Å². The van der Waals surface area contributed by atoms with Gasteiger partial charge in [0.2, 0.25) is 5.91 Å². The fourth-order valence-corrected chi connectivity index (χ4v) is 5.67. The second-order valence-corrected chi connectivity index (χ2v) is 9.62. The second-order valence-electron chi connectivity index (χ2n) is 9.62. The molecular weight excluding hydrogens is 414 g/mol. The molecule has 2 aliphatic heterocycles. The number of pyridine rings is 1. The molecule has 1 amide bonds. The van der Waals surface area contributed by atoms with Crippen LogP contribution in [0.15, 0.2) is 42.6 Å². The molecule has 3 atom stereocenters. The molecule has 1 aromatic carbocycles. The minimum Gasteiger partial charge on any atom is -0.496 e. The second kappa shape index (κ2) is 8.68. The van der Waals surface area contributed by atoms with Crippen molar-refractivity contribution >= 4 is 11.7 Å². The monoisotopic (exact) mass is 445 g/mol. The topological polar surface area (TPSA) is 81.5 Å². The van der Waals surface area contributed by atoms with E-state index in [1.54, 1.807) is 13.3 Å². The van der Waals surface area contributed by atoms with Crippen LogP contribution >= 0.6 is 0 Å². The number of nitrogens with zero attached hydrogens (tertiary/aromatic N) is 4. The molecule has 3 fully saturated rings. The number of nitrogens with one attached hydrogen (secondary N) is 1. The Morgan fingerprint density at radius 3 is 2.76 bits per heavy atom. The third-order valence-electron chi connectivity index (χ3n) is 7.56. The number of para-hydroxylation sites is 1. The van der Waals surface area contributed by atoms with Gasteiger partial charge < -0.3 is 19.9 Å². The molecule has 1 aromatic heterocycles. The van der Waals surface area contributed by atoms with Gasteiger partial charge >= 0.3 is 0 Å². The number of anilines is 1. The number of benzene rings is 1. The number of hydrogen-bond acceptors (Lipinski definition) is 6. The Hall–Kier alpha value is -3.11. The molecule has 0 spiro atoms. The zero-order valence-corrected chi connectivity index (χ0v) is 19.3. The molecule has 2 bridgehead atoms. The van der Waals surface area contributed by atoms with E-state index in [1.165, 1.54) is 5.56 Å². The van der Waals surface area contributed by atoms with E-state index in [0.717, 1.165) is 43.9 Å². The summed E-state index contributed by atoms with van der Waals surface area (Å²) in [7, 11) is 1.71. The average molecular weight is 446 g/mol. The third-order valence-corrected chi connectivity index (χ3v) is 7.56. The van der Waals surface area contributed by atoms with Crippen molar-refractivity contribution in [1.82, 2.24) is 15.2 Å². The maximum atomic E-state index is 13.1. The normalized spacial score (nSPS) is 24.9. The zero-order valence-electron chi connectivity index (χ0n) is 19.3. The number of rotatable bonds is 7. The minimum absolute atomic E-state index is 0.0552. The molecule has 1 aliphatic carbocycles. The molecular formula is C26H31N5O2. The van der Waals surface area contributed by atoms with Crippen LogP contribution in [0.1, 0.15) is 43.7 Å². The molecule has 3 heterocycles. The summed E-state index contributed by atoms with van der Waals surface area (Å²) in [6.45, 7) is 4.40. The summed E-state index contributed by atoms with van der Waals surface area (Å²) in [6.07, 6.45) is 5.34. The van der Waals surface area contributed by atoms with E-state index in [9.17, 15) is 4.79 Å². The highest BCUT2D eigenvalue weighted by Crippen LogP contribution is 2.48. The van der Waals surface area contributed by atoms with Crippen LogP contribution < -0.4 is 15.0 Å². The molecule has 1 saturated carbocycles. The molecule has 172 valence electrons. The fraction of sp³-hybridized carbons (Fsp3) is 0.500. The first kappa shape index (κ1) is 21.7. The van der Waals surface area contributed by atoms with Gasteiger partial charge in [0, 0.05) is 49.4 Å². The van der Waals surface area contributed by atoms with Gasteiger partial charge in [0.15, 0.2) is 0 Å². The molecule has 33 heavy (non-hydrogen) atoms. The van der Waals surface area contributed by atoms with Crippen LogP contribution in [-0.4, -0.2) is 54.6 Å². The Morgan fingerprint density at radius 2 is 2.09 bits per heavy atom. The van der Waals surface area contributed by atoms with Crippen molar-refractivity contribution in [2.75, 3.05) is 31.6 Å². The lowest BCUT2D eigenvalue weighted by atomic mass is 10.0. The van der Waals surface area contributed by atoms with E-state index < -0.39 is 0 Å². The van der Waals surface area contributed by atoms with Gasteiger partial charge in [-0.2, -0.15) is 5.26 Å². The number of likely N-dealkylation sites (tertiary alicyclic amines) is 1. The molecule has 7 nitrogen and oxygen atoms in total. The number of aromatic nitrogens is 1. The van der Waals surface area contributed by atoms with Gasteiger partial charge in [-0.05, 0) is 43.4 Å². The van der Waals surface area contributed by atoms with Gasteiger partial charge in [-0.25, -0.2) is 4.98 Å². The smallest absolute Gasteiger partial charge is 0.223 e. The Morgan fingerprint density at radius 1 is 1.27 bits per heavy atom. The Labute approximate surface area is 195 Å². The van der Waals surface area contributed by atoms with Crippen LogP contribution in [0.5, 0.6) is 5.75 Å². The molecule has 2 saturated heterocycles. The SMILES string of the molecule is COc1ccccc1C1(NCCC(=O)N2CC3C[C@H](C)C(C2)N3c2ccc(C#N)cn2)CC1. The summed E-state index contributed by atoms with van der Waals surface area (Å²) in [5, 5.41) is 12.7. The largest absolute Gasteiger partial charge is 0.496 e. The number of nitriles is 1. The lowest BCUT2D eigenvalue weighted by molar-refractivity contribution is -0.132. The number of carbonyl (C=O) groups is 1. The summed E-state index contributed by atoms with van der Waals surface area (Å²) in [5.41, 5.74) is 1.71. The summed E-state index contributed by atoms with van der Waals surface area (Å²) < 4.78 is 5.55. The Kier molecular flexibility index (Phi) is 5.71. The van der Waals surface area contributed by atoms with E-state index in [-0.39, 0.29) is 23.5 Å². The van der Waals surface area contributed by atoms with Crippen molar-refractivity contribution in [2.45, 2.75) is 50.2 Å². The van der Waals surface area contributed by atoms with Gasteiger partial charge in [-0.1, -0.05) is 25.1 Å². The fourth-order valence-electron chi connectivity index (χ4n) is 5.67. The molecule has 0 radical (unpaired) electrons. The van der Waals surface area contributed by atoms with Gasteiger partial charge in [-0.15, -0.1) is 0 Å². The summed E-state index contributed by atoms with van der Waals surface area (Å²) in [4.78, 5) is 22.0. The van der Waals surface area contributed by atoms with Crippen molar-refractivity contribution in [3.05, 3.63) is 53.7 Å². The van der Waals surface area contributed by atoms with Crippen LogP contribution in [0.2, 0.25) is 0 Å². The lowest BCUT2D eigenvalue weighted by Gasteiger charge is -2.42. The van der Waals surface area contributed by atoms with Crippen molar-refractivity contribution in [2.24, 2.45) is 5.92 Å². The maximum Gasteiger partial charge on any atom is 0.223 e. The van der Waals surface area contributed by atoms with Crippen molar-refractivity contribution in [1.29, 1.82) is 5.26 Å². The zero-order chi connectivity index (χ0) is 23.0. The quantitative estimate of drug-likeness (QED) is 0.706. The van der Waals surface area contributed by atoms with Gasteiger partial charge in [0.05, 0.1) is 18.7 Å². The third kappa shape index (κ3) is 4.04. The van der Waals surface area contributed by atoms with Crippen molar-refractivity contribution in [3.8, 4) is 11.8 Å². The van der Waals surface area contributed by atoms with Gasteiger partial charge in [0.1, 0.15) is 17.6 Å². The first-order valence-electron chi connectivity index (χ1n) is 11.9. The van der Waals surface area contributed by atoms with Crippen molar-refractivity contribution in [3.63, 3.8) is 0 Å². The summed E-state index contributed by atoms with van der Waals surface area (Å²) >= 11 is 0. The van der Waals surface area contributed by atoms with E-state index in [4.69, 9.17) is 10.00 Å². The number of hydrogen-bond donors (Lipinski definition) is 1. The number of piperazine rings is 1. The molecule has 1 N–H and O–H groups in total. The highest BCUT2D eigenvalue weighted by molar-refractivity contribution is 5.77. The molecule has 2 aromatic rings. The summed E-state index contributed by atoms with van der Waals surface area (Å²) in [5.74, 6) is 2.54. The van der Waals surface area contributed by atoms with Crippen LogP contribution in [0.25, 0.3) is 0 Å². The maximum absolute atomic E-state index is 13.1. The van der Waals surface area contributed by atoms with E-state index in [2.05, 4.69) is 34.3 Å². The predicted molar refractivity (Wildman–Crippen MR) is 126 cm³/mol. The lowest BCUT2D eigenvalue weighted by Crippen LogP contribution is -2.56. The number of amides is 1. The molecule has 7 heteroatoms. The first-order chi connectivity index (χ1) is 16.0. The standard InChI is InChI=1S/C26H31N5O2/c1-18-13-20-16-30(17-22(18)31(20)24-8-7-19(14-27)15-28-24)25(32)9-12-29-26(10-11-26)21-5-3-4-6-23(21)33-2/h3-8,15,18,20,22,29H,9-13,16-17H2,1-2H3/t18-,20?,22?/m0/s1. The van der Waals surface area contributed by atoms with Crippen LogP contribution in [0.4, 0.5) is 5.82 Å². The van der Waals surface area contributed by atoms with E-state index in [1.807, 2.05) is 35.2 Å². The Bertz CT molecular complexity index is 1060. The van der Waals surface area contributed by atoms with Crippen molar-refractivity contribution < 1.29 is 9.53 Å². The average Bonchev–Trinajstić information content (AvgIpc) is 3.60. The van der Waals surface area contributed by atoms with Crippen LogP contribution in [0.3, 0.4) is 0 Å². The minimum atomic E-state index is -0.0552. The predicted octanol–water partition coefficient (Wildman–Crippen LogP) is 3.06. The Balaban J connectivity index is 1.19. The van der Waals surface area contributed by atoms with E-state index in [0.29, 0.717) is 24.4 Å². The van der Waals surface area contributed by atoms with E-state index >= 15 is 0 Å². The number of carbonyl (C=O) groups excluding carboxylic acids is 1. The summed E-state index contributed by atoms with van der Waals surface area (Å²) in [6, 6.07) is 14.6. The van der Waals surface area contributed by atoms with Gasteiger partial charge in [-0.3, -0.25) is 4.79 Å². The van der Waals surface area contributed by atoms with Crippen LogP contribution in [0, 0.1) is 17.2 Å². The molecule has 3 aliphatic rings. The number of methoxy groups -OCH3 is 1. The number of ether oxygens (including phenoxy) is 1. The highest BCUT2D eigenvalue weighted by Gasteiger charge is 2.47. The molecule has 5 rings (SSSR count). The number of fused-ring (bicyclic) bond motifs is 2. The highest BCUT2D eigenvalue weighted by atomic mass is 16.5. The van der Waals surface area contributed by atoms with Crippen LogP contribution in [-0.2, 0) is 10.3 Å².